The SMILES string of the molecule is COc1cc(CO)cc(OC)c1-c1ccc(CC(C)NC(=O)c2c(C)cccc2C)cc1.[Y]. The number of carbonyl (C=O) groups excluding carboxylic acids is 1. The number of carbonyl (C=O) groups is 1. The Morgan fingerprint density at radius 1 is 0.939 bits per heavy atom. The van der Waals surface area contributed by atoms with Crippen LogP contribution in [0.25, 0.3) is 11.1 Å². The van der Waals surface area contributed by atoms with Crippen LogP contribution in [0.1, 0.15) is 39.5 Å². The molecule has 0 aromatic heterocycles. The Bertz CT molecular complexity index is 1050. The predicted molar refractivity (Wildman–Crippen MR) is 127 cm³/mol. The van der Waals surface area contributed by atoms with Crippen LogP contribution in [0.5, 0.6) is 11.5 Å². The van der Waals surface area contributed by atoms with E-state index in [9.17, 15) is 9.90 Å². The van der Waals surface area contributed by atoms with E-state index in [4.69, 9.17) is 9.47 Å². The smallest absolute Gasteiger partial charge is 0.252 e. The number of aliphatic hydroxyl groups excluding tert-OH is 1. The van der Waals surface area contributed by atoms with Crippen molar-refractivity contribution in [1.82, 2.24) is 5.32 Å². The van der Waals surface area contributed by atoms with Gasteiger partial charge in [-0.15, -0.1) is 0 Å². The van der Waals surface area contributed by atoms with Crippen LogP contribution in [-0.4, -0.2) is 31.3 Å². The molecular formula is C27H31NO4Y. The molecule has 0 fully saturated rings. The third-order valence-electron chi connectivity index (χ3n) is 5.62. The first-order valence-corrected chi connectivity index (χ1v) is 10.7. The number of nitrogens with one attached hydrogen (secondary N) is 1. The monoisotopic (exact) mass is 522 g/mol. The second-order valence-electron chi connectivity index (χ2n) is 8.08. The van der Waals surface area contributed by atoms with Crippen LogP contribution in [0.4, 0.5) is 0 Å². The average Bonchev–Trinajstić information content (AvgIpc) is 2.78. The van der Waals surface area contributed by atoms with Crippen molar-refractivity contribution in [1.29, 1.82) is 0 Å². The number of benzene rings is 3. The summed E-state index contributed by atoms with van der Waals surface area (Å²) in [7, 11) is 3.21. The van der Waals surface area contributed by atoms with Crippen LogP contribution in [0.3, 0.4) is 0 Å². The summed E-state index contributed by atoms with van der Waals surface area (Å²) < 4.78 is 11.1. The topological polar surface area (TPSA) is 67.8 Å². The van der Waals surface area contributed by atoms with E-state index >= 15 is 0 Å². The first-order chi connectivity index (χ1) is 15.4. The van der Waals surface area contributed by atoms with Crippen molar-refractivity contribution >= 4 is 5.91 Å². The first-order valence-electron chi connectivity index (χ1n) is 10.7. The van der Waals surface area contributed by atoms with Crippen molar-refractivity contribution in [2.24, 2.45) is 0 Å². The molecule has 5 nitrogen and oxygen atoms in total. The van der Waals surface area contributed by atoms with Gasteiger partial charge in [0.25, 0.3) is 5.91 Å². The zero-order chi connectivity index (χ0) is 23.3. The normalized spacial score (nSPS) is 11.3. The largest absolute Gasteiger partial charge is 0.496 e. The fourth-order valence-corrected chi connectivity index (χ4v) is 4.02. The Balaban J connectivity index is 0.00000385. The summed E-state index contributed by atoms with van der Waals surface area (Å²) >= 11 is 0. The van der Waals surface area contributed by atoms with E-state index in [2.05, 4.69) is 17.4 Å². The average molecular weight is 522 g/mol. The Labute approximate surface area is 221 Å². The van der Waals surface area contributed by atoms with E-state index in [0.717, 1.165) is 38.9 Å². The van der Waals surface area contributed by atoms with Gasteiger partial charge < -0.3 is 19.9 Å². The minimum atomic E-state index is -0.0857. The molecule has 0 aliphatic carbocycles. The molecule has 1 radical (unpaired) electrons. The van der Waals surface area contributed by atoms with Gasteiger partial charge in [-0.2, -0.15) is 0 Å². The zero-order valence-corrected chi connectivity index (χ0v) is 22.8. The molecular weight excluding hydrogens is 491 g/mol. The Morgan fingerprint density at radius 2 is 1.48 bits per heavy atom. The molecule has 33 heavy (non-hydrogen) atoms. The molecule has 0 aliphatic heterocycles. The molecule has 171 valence electrons. The molecule has 3 aromatic carbocycles. The molecule has 0 saturated carbocycles. The van der Waals surface area contributed by atoms with Crippen molar-refractivity contribution in [3.8, 4) is 22.6 Å². The van der Waals surface area contributed by atoms with Gasteiger partial charge in [0.05, 0.1) is 26.4 Å². The van der Waals surface area contributed by atoms with E-state index in [1.807, 2.05) is 63.2 Å². The fourth-order valence-electron chi connectivity index (χ4n) is 4.02. The predicted octanol–water partition coefficient (Wildman–Crippen LogP) is 4.84. The molecule has 0 heterocycles. The molecule has 0 bridgehead atoms. The summed E-state index contributed by atoms with van der Waals surface area (Å²) in [6.45, 7) is 5.85. The van der Waals surface area contributed by atoms with Crippen molar-refractivity contribution in [3.63, 3.8) is 0 Å². The molecule has 0 spiro atoms. The maximum absolute atomic E-state index is 12.8. The fraction of sp³-hybridized carbons (Fsp3) is 0.296. The maximum atomic E-state index is 12.8. The zero-order valence-electron chi connectivity index (χ0n) is 19.9. The van der Waals surface area contributed by atoms with Gasteiger partial charge in [-0.3, -0.25) is 4.79 Å². The molecule has 1 amide bonds. The molecule has 3 aromatic rings. The van der Waals surface area contributed by atoms with Gasteiger partial charge in [-0.1, -0.05) is 42.5 Å². The summed E-state index contributed by atoms with van der Waals surface area (Å²) in [6.07, 6.45) is 0.717. The number of hydrogen-bond donors (Lipinski definition) is 2. The summed E-state index contributed by atoms with van der Waals surface area (Å²) in [6, 6.07) is 17.7. The summed E-state index contributed by atoms with van der Waals surface area (Å²) in [5.74, 6) is 1.26. The molecule has 1 unspecified atom stereocenters. The quantitative estimate of drug-likeness (QED) is 0.445. The second-order valence-corrected chi connectivity index (χ2v) is 8.08. The summed E-state index contributed by atoms with van der Waals surface area (Å²) in [4.78, 5) is 12.8. The Morgan fingerprint density at radius 3 is 1.97 bits per heavy atom. The van der Waals surface area contributed by atoms with Gasteiger partial charge in [-0.05, 0) is 67.1 Å². The van der Waals surface area contributed by atoms with Crippen molar-refractivity contribution < 1.29 is 52.1 Å². The molecule has 3 rings (SSSR count). The summed E-state index contributed by atoms with van der Waals surface area (Å²) in [5, 5.41) is 12.6. The van der Waals surface area contributed by atoms with Crippen molar-refractivity contribution in [3.05, 3.63) is 82.4 Å². The number of ether oxygens (including phenoxy) is 2. The van der Waals surface area contributed by atoms with Gasteiger partial charge in [0, 0.05) is 44.3 Å². The minimum absolute atomic E-state index is 0. The number of rotatable bonds is 8. The second kappa shape index (κ2) is 12.3. The van der Waals surface area contributed by atoms with Gasteiger partial charge in [-0.25, -0.2) is 0 Å². The molecule has 6 heteroatoms. The number of hydrogen-bond acceptors (Lipinski definition) is 4. The van der Waals surface area contributed by atoms with E-state index in [1.54, 1.807) is 14.2 Å². The molecule has 1 atom stereocenters. The number of amides is 1. The molecule has 2 N–H and O–H groups in total. The van der Waals surface area contributed by atoms with E-state index in [1.165, 1.54) is 0 Å². The van der Waals surface area contributed by atoms with Crippen LogP contribution in [0, 0.1) is 13.8 Å². The molecule has 0 saturated heterocycles. The van der Waals surface area contributed by atoms with E-state index < -0.39 is 0 Å². The van der Waals surface area contributed by atoms with Gasteiger partial charge >= 0.3 is 0 Å². The number of aliphatic hydroxyl groups is 1. The van der Waals surface area contributed by atoms with Crippen LogP contribution < -0.4 is 14.8 Å². The Hall–Kier alpha value is -2.21. The third kappa shape index (κ3) is 6.44. The van der Waals surface area contributed by atoms with Crippen LogP contribution in [0.15, 0.2) is 54.6 Å². The maximum Gasteiger partial charge on any atom is 0.252 e. The number of methoxy groups -OCH3 is 2. The van der Waals surface area contributed by atoms with Crippen LogP contribution in [0.2, 0.25) is 0 Å². The van der Waals surface area contributed by atoms with Gasteiger partial charge in [0.15, 0.2) is 0 Å². The molecule has 0 aliphatic rings. The third-order valence-corrected chi connectivity index (χ3v) is 5.62. The van der Waals surface area contributed by atoms with E-state index in [-0.39, 0.29) is 51.3 Å². The van der Waals surface area contributed by atoms with Gasteiger partial charge in [0.1, 0.15) is 11.5 Å². The minimum Gasteiger partial charge on any atom is -0.496 e. The van der Waals surface area contributed by atoms with Crippen LogP contribution >= 0.6 is 0 Å². The summed E-state index contributed by atoms with van der Waals surface area (Å²) in [5.41, 5.74) is 6.36. The van der Waals surface area contributed by atoms with Gasteiger partial charge in [0.2, 0.25) is 0 Å². The van der Waals surface area contributed by atoms with Crippen LogP contribution in [-0.2, 0) is 45.7 Å². The Kier molecular flexibility index (Phi) is 10.1. The van der Waals surface area contributed by atoms with Crippen molar-refractivity contribution in [2.75, 3.05) is 14.2 Å². The first kappa shape index (κ1) is 27.0. The standard InChI is InChI=1S/C27H31NO4.Y/c1-17-7-6-8-18(2)25(17)27(30)28-19(3)13-20-9-11-22(12-10-20)26-23(31-4)14-21(16-29)15-24(26)32-5;/h6-12,14-15,19,29H,13,16H2,1-5H3,(H,28,30);. The number of aryl methyl sites for hydroxylation is 2. The van der Waals surface area contributed by atoms with E-state index in [0.29, 0.717) is 17.9 Å². The van der Waals surface area contributed by atoms with Crippen molar-refractivity contribution in [2.45, 2.75) is 39.8 Å².